The van der Waals surface area contributed by atoms with Gasteiger partial charge >= 0.3 is 0 Å². The summed E-state index contributed by atoms with van der Waals surface area (Å²) in [6.45, 7) is 5.79. The van der Waals surface area contributed by atoms with Gasteiger partial charge in [-0.1, -0.05) is 13.8 Å². The zero-order chi connectivity index (χ0) is 11.8. The van der Waals surface area contributed by atoms with Gasteiger partial charge in [-0.2, -0.15) is 0 Å². The molecule has 1 aromatic rings. The van der Waals surface area contributed by atoms with Gasteiger partial charge in [0.1, 0.15) is 5.75 Å². The summed E-state index contributed by atoms with van der Waals surface area (Å²) in [5.74, 6) is -0.150. The van der Waals surface area contributed by atoms with Crippen LogP contribution in [0, 0.1) is 5.41 Å². The monoisotopic (exact) mass is 220 g/mol. The van der Waals surface area contributed by atoms with E-state index in [1.807, 2.05) is 0 Å². The van der Waals surface area contributed by atoms with Crippen molar-refractivity contribution in [3.8, 4) is 5.75 Å². The van der Waals surface area contributed by atoms with E-state index in [9.17, 15) is 9.90 Å². The number of hydrogen-bond acceptors (Lipinski definition) is 3. The van der Waals surface area contributed by atoms with Crippen LogP contribution in [0.25, 0.3) is 0 Å². The second kappa shape index (κ2) is 3.77. The maximum Gasteiger partial charge on any atom is 0.257 e. The number of aromatic hydroxyl groups is 1. The van der Waals surface area contributed by atoms with Gasteiger partial charge in [0.15, 0.2) is 0 Å². The van der Waals surface area contributed by atoms with E-state index in [-0.39, 0.29) is 17.1 Å². The average molecular weight is 220 g/mol. The lowest BCUT2D eigenvalue weighted by Crippen LogP contribution is -2.30. The number of nitrogens with zero attached hydrogens (tertiary/aromatic N) is 2. The van der Waals surface area contributed by atoms with Crippen molar-refractivity contribution < 1.29 is 9.90 Å². The zero-order valence-corrected chi connectivity index (χ0v) is 9.60. The quantitative estimate of drug-likeness (QED) is 0.783. The lowest BCUT2D eigenvalue weighted by atomic mass is 9.93. The molecule has 0 aliphatic carbocycles. The first kappa shape index (κ1) is 10.9. The Morgan fingerprint density at radius 3 is 2.88 bits per heavy atom. The van der Waals surface area contributed by atoms with Gasteiger partial charge in [-0.15, -0.1) is 0 Å². The summed E-state index contributed by atoms with van der Waals surface area (Å²) < 4.78 is 0. The van der Waals surface area contributed by atoms with E-state index in [1.165, 1.54) is 12.4 Å². The van der Waals surface area contributed by atoms with E-state index < -0.39 is 0 Å². The molecule has 1 fully saturated rings. The van der Waals surface area contributed by atoms with Crippen molar-refractivity contribution in [1.82, 2.24) is 9.88 Å². The highest BCUT2D eigenvalue weighted by Crippen LogP contribution is 2.30. The molecule has 1 N–H and O–H groups in total. The fraction of sp³-hybridized carbons (Fsp3) is 0.500. The lowest BCUT2D eigenvalue weighted by molar-refractivity contribution is 0.0775. The molecule has 4 heteroatoms. The summed E-state index contributed by atoms with van der Waals surface area (Å²) in [7, 11) is 0. The van der Waals surface area contributed by atoms with Gasteiger partial charge in [0, 0.05) is 19.3 Å². The van der Waals surface area contributed by atoms with Crippen LogP contribution in [0.1, 0.15) is 30.6 Å². The Kier molecular flexibility index (Phi) is 2.58. The minimum absolute atomic E-state index is 0.0443. The van der Waals surface area contributed by atoms with Crippen molar-refractivity contribution in [3.05, 3.63) is 24.0 Å². The number of rotatable bonds is 1. The third kappa shape index (κ3) is 2.01. The first-order valence-electron chi connectivity index (χ1n) is 5.42. The predicted molar refractivity (Wildman–Crippen MR) is 60.2 cm³/mol. The van der Waals surface area contributed by atoms with Crippen LogP contribution < -0.4 is 0 Å². The summed E-state index contributed by atoms with van der Waals surface area (Å²) in [6, 6.07) is 1.56. The summed E-state index contributed by atoms with van der Waals surface area (Å²) in [5, 5.41) is 9.56. The molecule has 16 heavy (non-hydrogen) atoms. The van der Waals surface area contributed by atoms with Crippen molar-refractivity contribution in [3.63, 3.8) is 0 Å². The van der Waals surface area contributed by atoms with Crippen LogP contribution in [-0.4, -0.2) is 34.0 Å². The smallest absolute Gasteiger partial charge is 0.257 e. The van der Waals surface area contributed by atoms with Gasteiger partial charge in [-0.3, -0.25) is 9.78 Å². The van der Waals surface area contributed by atoms with Crippen LogP contribution in [0.15, 0.2) is 18.5 Å². The fourth-order valence-corrected chi connectivity index (χ4v) is 2.02. The van der Waals surface area contributed by atoms with Crippen molar-refractivity contribution in [2.75, 3.05) is 13.1 Å². The van der Waals surface area contributed by atoms with Crippen LogP contribution >= 0.6 is 0 Å². The Morgan fingerprint density at radius 1 is 1.56 bits per heavy atom. The Morgan fingerprint density at radius 2 is 2.31 bits per heavy atom. The summed E-state index contributed by atoms with van der Waals surface area (Å²) in [4.78, 5) is 17.6. The maximum atomic E-state index is 12.1. The molecule has 1 aliphatic heterocycles. The summed E-state index contributed by atoms with van der Waals surface area (Å²) >= 11 is 0. The largest absolute Gasteiger partial charge is 0.505 e. The van der Waals surface area contributed by atoms with Gasteiger partial charge in [0.2, 0.25) is 0 Å². The standard InChI is InChI=1S/C12H16N2O2/c1-12(2)4-6-14(8-12)11(16)9-3-5-13-7-10(9)15/h3,5,7,15H,4,6,8H2,1-2H3. The minimum atomic E-state index is -0.106. The number of hydrogen-bond donors (Lipinski definition) is 1. The van der Waals surface area contributed by atoms with E-state index in [2.05, 4.69) is 18.8 Å². The second-order valence-electron chi connectivity index (χ2n) is 5.03. The molecule has 0 atom stereocenters. The zero-order valence-electron chi connectivity index (χ0n) is 9.60. The van der Waals surface area contributed by atoms with Crippen LogP contribution in [0.2, 0.25) is 0 Å². The van der Waals surface area contributed by atoms with Crippen LogP contribution in [0.3, 0.4) is 0 Å². The molecular weight excluding hydrogens is 204 g/mol. The molecular formula is C12H16N2O2. The number of carbonyl (C=O) groups is 1. The molecule has 0 bridgehead atoms. The molecule has 1 aromatic heterocycles. The van der Waals surface area contributed by atoms with Crippen molar-refractivity contribution in [1.29, 1.82) is 0 Å². The maximum absolute atomic E-state index is 12.1. The van der Waals surface area contributed by atoms with Crippen LogP contribution in [0.5, 0.6) is 5.75 Å². The Hall–Kier alpha value is -1.58. The third-order valence-corrected chi connectivity index (χ3v) is 3.00. The summed E-state index contributed by atoms with van der Waals surface area (Å²) in [6.07, 6.45) is 3.83. The SMILES string of the molecule is CC1(C)CCN(C(=O)c2ccncc2O)C1. The second-order valence-corrected chi connectivity index (χ2v) is 5.03. The van der Waals surface area contributed by atoms with Gasteiger partial charge in [-0.25, -0.2) is 0 Å². The van der Waals surface area contributed by atoms with E-state index in [1.54, 1.807) is 11.0 Å². The molecule has 86 valence electrons. The molecule has 0 radical (unpaired) electrons. The molecule has 4 nitrogen and oxygen atoms in total. The molecule has 2 rings (SSSR count). The Bertz CT molecular complexity index is 415. The van der Waals surface area contributed by atoms with Crippen molar-refractivity contribution >= 4 is 5.91 Å². The predicted octanol–water partition coefficient (Wildman–Crippen LogP) is 1.66. The summed E-state index contributed by atoms with van der Waals surface area (Å²) in [5.41, 5.74) is 0.519. The third-order valence-electron chi connectivity index (χ3n) is 3.00. The van der Waals surface area contributed by atoms with Crippen LogP contribution in [0.4, 0.5) is 0 Å². The first-order valence-corrected chi connectivity index (χ1v) is 5.42. The Labute approximate surface area is 94.9 Å². The molecule has 1 amide bonds. The highest BCUT2D eigenvalue weighted by molar-refractivity contribution is 5.96. The molecule has 1 saturated heterocycles. The first-order chi connectivity index (χ1) is 7.49. The van der Waals surface area contributed by atoms with Gasteiger partial charge in [0.25, 0.3) is 5.91 Å². The highest BCUT2D eigenvalue weighted by Gasteiger charge is 2.33. The van der Waals surface area contributed by atoms with Gasteiger partial charge < -0.3 is 10.0 Å². The van der Waals surface area contributed by atoms with E-state index in [0.717, 1.165) is 19.5 Å². The van der Waals surface area contributed by atoms with E-state index >= 15 is 0 Å². The molecule has 0 saturated carbocycles. The van der Waals surface area contributed by atoms with E-state index in [0.29, 0.717) is 5.56 Å². The number of carbonyl (C=O) groups excluding carboxylic acids is 1. The number of aromatic nitrogens is 1. The molecule has 1 aliphatic rings. The topological polar surface area (TPSA) is 53.4 Å². The van der Waals surface area contributed by atoms with Crippen LogP contribution in [-0.2, 0) is 0 Å². The number of amides is 1. The highest BCUT2D eigenvalue weighted by atomic mass is 16.3. The molecule has 0 spiro atoms. The van der Waals surface area contributed by atoms with Gasteiger partial charge in [0.05, 0.1) is 11.8 Å². The Balaban J connectivity index is 2.18. The molecule has 2 heterocycles. The van der Waals surface area contributed by atoms with Crippen molar-refractivity contribution in [2.45, 2.75) is 20.3 Å². The number of likely N-dealkylation sites (tertiary alicyclic amines) is 1. The van der Waals surface area contributed by atoms with Gasteiger partial charge in [-0.05, 0) is 17.9 Å². The van der Waals surface area contributed by atoms with E-state index in [4.69, 9.17) is 0 Å². The average Bonchev–Trinajstić information content (AvgIpc) is 2.59. The molecule has 0 aromatic carbocycles. The lowest BCUT2D eigenvalue weighted by Gasteiger charge is -2.20. The molecule has 0 unspecified atom stereocenters. The minimum Gasteiger partial charge on any atom is -0.505 e. The number of pyridine rings is 1. The fourth-order valence-electron chi connectivity index (χ4n) is 2.02. The normalized spacial score (nSPS) is 18.8. The van der Waals surface area contributed by atoms with Crippen molar-refractivity contribution in [2.24, 2.45) is 5.41 Å².